The number of halogens is 1. The molecular formula is C16H14ClN3O2S. The van der Waals surface area contributed by atoms with Crippen LogP contribution < -0.4 is 11.1 Å². The van der Waals surface area contributed by atoms with Crippen molar-refractivity contribution in [1.82, 2.24) is 10.5 Å². The summed E-state index contributed by atoms with van der Waals surface area (Å²) in [5, 5.41) is 6.80. The number of nitrogen functional groups attached to an aromatic ring is 1. The first-order valence-electron chi connectivity index (χ1n) is 6.93. The van der Waals surface area contributed by atoms with Crippen LogP contribution in [-0.4, -0.2) is 11.1 Å². The number of benzene rings is 1. The number of hydrogen-bond donors (Lipinski definition) is 2. The molecule has 0 saturated heterocycles. The van der Waals surface area contributed by atoms with E-state index < -0.39 is 0 Å². The Morgan fingerprint density at radius 2 is 2.04 bits per heavy atom. The number of carbonyl (C=O) groups excluding carboxylic acids is 1. The lowest BCUT2D eigenvalue weighted by Gasteiger charge is -2.14. The van der Waals surface area contributed by atoms with E-state index in [1.165, 1.54) is 11.3 Å². The Bertz CT molecular complexity index is 829. The Morgan fingerprint density at radius 1 is 1.30 bits per heavy atom. The van der Waals surface area contributed by atoms with Crippen molar-refractivity contribution >= 4 is 34.7 Å². The minimum atomic E-state index is -0.334. The van der Waals surface area contributed by atoms with Crippen LogP contribution in [0.15, 0.2) is 47.0 Å². The van der Waals surface area contributed by atoms with Crippen molar-refractivity contribution in [3.05, 3.63) is 57.9 Å². The fourth-order valence-corrected chi connectivity index (χ4v) is 3.26. The molecule has 1 atom stereocenters. The highest BCUT2D eigenvalue weighted by Crippen LogP contribution is 2.34. The van der Waals surface area contributed by atoms with Gasteiger partial charge in [0.2, 0.25) is 5.88 Å². The number of rotatable bonds is 4. The van der Waals surface area contributed by atoms with Crippen LogP contribution in [0, 0.1) is 0 Å². The molecule has 0 bridgehead atoms. The number of anilines is 1. The van der Waals surface area contributed by atoms with Gasteiger partial charge < -0.3 is 15.6 Å². The van der Waals surface area contributed by atoms with Crippen LogP contribution in [-0.2, 0) is 0 Å². The normalized spacial score (nSPS) is 12.1. The van der Waals surface area contributed by atoms with Crippen molar-refractivity contribution in [2.24, 2.45) is 0 Å². The second kappa shape index (κ2) is 6.44. The zero-order valence-corrected chi connectivity index (χ0v) is 13.8. The zero-order valence-electron chi connectivity index (χ0n) is 12.2. The summed E-state index contributed by atoms with van der Waals surface area (Å²) < 4.78 is 5.60. The Balaban J connectivity index is 1.87. The number of hydrogen-bond acceptors (Lipinski definition) is 5. The van der Waals surface area contributed by atoms with E-state index in [0.717, 1.165) is 10.4 Å². The maximum atomic E-state index is 12.6. The van der Waals surface area contributed by atoms with Gasteiger partial charge in [-0.05, 0) is 24.6 Å². The highest BCUT2D eigenvalue weighted by Gasteiger charge is 2.24. The van der Waals surface area contributed by atoms with E-state index in [-0.39, 0.29) is 23.4 Å². The minimum Gasteiger partial charge on any atom is -0.367 e. The van der Waals surface area contributed by atoms with E-state index in [1.807, 2.05) is 37.3 Å². The molecule has 0 aliphatic carbocycles. The molecule has 0 aliphatic heterocycles. The number of thiophene rings is 1. The third-order valence-electron chi connectivity index (χ3n) is 3.40. The van der Waals surface area contributed by atoms with E-state index in [2.05, 4.69) is 10.5 Å². The first-order valence-corrected chi connectivity index (χ1v) is 8.12. The average molecular weight is 348 g/mol. The van der Waals surface area contributed by atoms with Crippen molar-refractivity contribution in [2.45, 2.75) is 13.0 Å². The maximum Gasteiger partial charge on any atom is 0.259 e. The molecule has 0 saturated carbocycles. The summed E-state index contributed by atoms with van der Waals surface area (Å²) in [7, 11) is 0. The highest BCUT2D eigenvalue weighted by atomic mass is 35.5. The van der Waals surface area contributed by atoms with Gasteiger partial charge in [-0.1, -0.05) is 47.1 Å². The minimum absolute atomic E-state index is 0.0118. The molecule has 7 heteroatoms. The number of nitrogens with one attached hydrogen (secondary N) is 1. The van der Waals surface area contributed by atoms with Gasteiger partial charge in [0, 0.05) is 0 Å². The SMILES string of the molecule is CC(NC(=O)c1c(-c2ccc(Cl)s2)noc1N)c1ccccc1. The molecule has 1 amide bonds. The Kier molecular flexibility index (Phi) is 4.36. The fraction of sp³-hybridized carbons (Fsp3) is 0.125. The third-order valence-corrected chi connectivity index (χ3v) is 4.64. The Labute approximate surface area is 142 Å². The van der Waals surface area contributed by atoms with Crippen molar-refractivity contribution < 1.29 is 9.32 Å². The lowest BCUT2D eigenvalue weighted by atomic mass is 10.1. The van der Waals surface area contributed by atoms with Crippen LogP contribution in [0.1, 0.15) is 28.9 Å². The Hall–Kier alpha value is -2.31. The van der Waals surface area contributed by atoms with Gasteiger partial charge in [-0.15, -0.1) is 11.3 Å². The molecule has 0 radical (unpaired) electrons. The monoisotopic (exact) mass is 347 g/mol. The second-order valence-corrected chi connectivity index (χ2v) is 6.70. The zero-order chi connectivity index (χ0) is 16.4. The summed E-state index contributed by atoms with van der Waals surface area (Å²) in [6, 6.07) is 13.0. The van der Waals surface area contributed by atoms with E-state index in [1.54, 1.807) is 12.1 Å². The number of aromatic nitrogens is 1. The molecule has 2 heterocycles. The number of nitrogens with zero attached hydrogens (tertiary/aromatic N) is 1. The average Bonchev–Trinajstić information content (AvgIpc) is 3.13. The lowest BCUT2D eigenvalue weighted by molar-refractivity contribution is 0.0941. The molecule has 3 aromatic rings. The van der Waals surface area contributed by atoms with E-state index in [9.17, 15) is 4.79 Å². The number of carbonyl (C=O) groups is 1. The molecule has 3 N–H and O–H groups in total. The fourth-order valence-electron chi connectivity index (χ4n) is 2.23. The quantitative estimate of drug-likeness (QED) is 0.743. The molecule has 0 spiro atoms. The van der Waals surface area contributed by atoms with Crippen LogP contribution >= 0.6 is 22.9 Å². The summed E-state index contributed by atoms with van der Waals surface area (Å²) >= 11 is 7.25. The number of nitrogens with two attached hydrogens (primary N) is 1. The molecule has 5 nitrogen and oxygen atoms in total. The smallest absolute Gasteiger partial charge is 0.259 e. The van der Waals surface area contributed by atoms with Crippen molar-refractivity contribution in [3.63, 3.8) is 0 Å². The standard InChI is InChI=1S/C16H14ClN3O2S/c1-9(10-5-3-2-4-6-10)19-16(21)13-14(20-22-15(13)18)11-7-8-12(17)23-11/h2-9H,18H2,1H3,(H,19,21). The van der Waals surface area contributed by atoms with E-state index in [0.29, 0.717) is 10.0 Å². The van der Waals surface area contributed by atoms with Crippen LogP contribution in [0.3, 0.4) is 0 Å². The predicted molar refractivity (Wildman–Crippen MR) is 91.6 cm³/mol. The molecule has 0 fully saturated rings. The first-order chi connectivity index (χ1) is 11.1. The van der Waals surface area contributed by atoms with Crippen molar-refractivity contribution in [2.75, 3.05) is 5.73 Å². The van der Waals surface area contributed by atoms with Gasteiger partial charge in [-0.25, -0.2) is 0 Å². The molecule has 2 aromatic heterocycles. The van der Waals surface area contributed by atoms with Gasteiger partial charge in [0.1, 0.15) is 11.3 Å². The Morgan fingerprint density at radius 3 is 2.70 bits per heavy atom. The lowest BCUT2D eigenvalue weighted by Crippen LogP contribution is -2.27. The highest BCUT2D eigenvalue weighted by molar-refractivity contribution is 7.19. The van der Waals surface area contributed by atoms with Crippen molar-refractivity contribution in [1.29, 1.82) is 0 Å². The topological polar surface area (TPSA) is 81.2 Å². The van der Waals surface area contributed by atoms with Crippen LogP contribution in [0.4, 0.5) is 5.88 Å². The van der Waals surface area contributed by atoms with Crippen LogP contribution in [0.25, 0.3) is 10.6 Å². The molecule has 0 aliphatic rings. The predicted octanol–water partition coefficient (Wildman–Crippen LogP) is 4.13. The summed E-state index contributed by atoms with van der Waals surface area (Å²) in [6.45, 7) is 1.90. The van der Waals surface area contributed by atoms with Gasteiger partial charge >= 0.3 is 0 Å². The summed E-state index contributed by atoms with van der Waals surface area (Å²) in [4.78, 5) is 13.3. The molecule has 23 heavy (non-hydrogen) atoms. The summed E-state index contributed by atoms with van der Waals surface area (Å²) in [5.74, 6) is -0.345. The molecular weight excluding hydrogens is 334 g/mol. The summed E-state index contributed by atoms with van der Waals surface area (Å²) in [5.41, 5.74) is 7.41. The van der Waals surface area contributed by atoms with Crippen LogP contribution in [0.2, 0.25) is 4.34 Å². The van der Waals surface area contributed by atoms with Crippen LogP contribution in [0.5, 0.6) is 0 Å². The molecule has 1 unspecified atom stereocenters. The summed E-state index contributed by atoms with van der Waals surface area (Å²) in [6.07, 6.45) is 0. The maximum absolute atomic E-state index is 12.6. The van der Waals surface area contributed by atoms with Gasteiger partial charge in [0.15, 0.2) is 0 Å². The van der Waals surface area contributed by atoms with Gasteiger partial charge in [0.05, 0.1) is 15.3 Å². The van der Waals surface area contributed by atoms with E-state index >= 15 is 0 Å². The van der Waals surface area contributed by atoms with Gasteiger partial charge in [-0.2, -0.15) is 0 Å². The third kappa shape index (κ3) is 3.23. The first kappa shape index (κ1) is 15.6. The second-order valence-electron chi connectivity index (χ2n) is 4.98. The largest absolute Gasteiger partial charge is 0.367 e. The van der Waals surface area contributed by atoms with Gasteiger partial charge in [0.25, 0.3) is 5.91 Å². The molecule has 118 valence electrons. The van der Waals surface area contributed by atoms with E-state index in [4.69, 9.17) is 21.9 Å². The van der Waals surface area contributed by atoms with Crippen molar-refractivity contribution in [3.8, 4) is 10.6 Å². The molecule has 1 aromatic carbocycles. The number of amides is 1. The van der Waals surface area contributed by atoms with Gasteiger partial charge in [-0.3, -0.25) is 4.79 Å². The molecule has 3 rings (SSSR count).